The van der Waals surface area contributed by atoms with Crippen LogP contribution in [0.3, 0.4) is 0 Å². The highest BCUT2D eigenvalue weighted by Gasteiger charge is 2.27. The maximum Gasteiger partial charge on any atom is 0.266 e. The van der Waals surface area contributed by atoms with Gasteiger partial charge in [0.1, 0.15) is 5.71 Å². The van der Waals surface area contributed by atoms with Crippen molar-refractivity contribution >= 4 is 22.9 Å². The zero-order valence-corrected chi connectivity index (χ0v) is 15.9. The lowest BCUT2D eigenvalue weighted by Gasteiger charge is -2.28. The number of nitrogens with zero attached hydrogens (tertiary/aromatic N) is 1. The van der Waals surface area contributed by atoms with Crippen LogP contribution in [0.5, 0.6) is 0 Å². The lowest BCUT2D eigenvalue weighted by Crippen LogP contribution is -2.50. The summed E-state index contributed by atoms with van der Waals surface area (Å²) < 4.78 is 5.22. The van der Waals surface area contributed by atoms with Crippen molar-refractivity contribution in [3.8, 4) is 0 Å². The van der Waals surface area contributed by atoms with Crippen molar-refractivity contribution in [3.05, 3.63) is 70.2 Å². The van der Waals surface area contributed by atoms with Gasteiger partial charge in [0, 0.05) is 30.9 Å². The first-order chi connectivity index (χ1) is 14.1. The number of hydrogen-bond acceptors (Lipinski definition) is 5. The molecule has 1 aromatic heterocycles. The van der Waals surface area contributed by atoms with Crippen molar-refractivity contribution < 1.29 is 14.6 Å². The van der Waals surface area contributed by atoms with Crippen molar-refractivity contribution in [2.45, 2.75) is 31.4 Å². The minimum Gasteiger partial charge on any atom is -0.389 e. The molecule has 29 heavy (non-hydrogen) atoms. The number of nitrogens with one attached hydrogen (secondary N) is 2. The highest BCUT2D eigenvalue weighted by Crippen LogP contribution is 2.31. The van der Waals surface area contributed by atoms with Crippen LogP contribution in [-0.2, 0) is 16.0 Å². The predicted octanol–water partition coefficient (Wildman–Crippen LogP) is 1.74. The number of benzene rings is 1. The number of ether oxygens (including phenoxy) is 1. The van der Waals surface area contributed by atoms with E-state index in [-0.39, 0.29) is 24.1 Å². The minimum atomic E-state index is -0.710. The topological polar surface area (TPSA) is 104 Å². The number of pyridine rings is 1. The van der Waals surface area contributed by atoms with Gasteiger partial charge >= 0.3 is 0 Å². The van der Waals surface area contributed by atoms with Crippen LogP contribution in [0.2, 0.25) is 0 Å². The lowest BCUT2D eigenvalue weighted by atomic mass is 9.97. The van der Waals surface area contributed by atoms with Crippen LogP contribution in [-0.4, -0.2) is 47.1 Å². The van der Waals surface area contributed by atoms with E-state index in [0.29, 0.717) is 31.6 Å². The maximum atomic E-state index is 12.8. The lowest BCUT2D eigenvalue weighted by molar-refractivity contribution is -0.118. The monoisotopic (exact) mass is 393 g/mol. The highest BCUT2D eigenvalue weighted by molar-refractivity contribution is 6.40. The number of H-pyrrole nitrogens is 1. The zero-order valence-electron chi connectivity index (χ0n) is 15.9. The SMILES string of the molecule is O=C(NC1CCOCC1O)C1=Nc2ccccc2C(Cc2ccc(=O)[nH]c2)=CC1. The molecular weight excluding hydrogens is 370 g/mol. The van der Waals surface area contributed by atoms with Gasteiger partial charge in [0.15, 0.2) is 0 Å². The Bertz CT molecular complexity index is 1000. The smallest absolute Gasteiger partial charge is 0.266 e. The Morgan fingerprint density at radius 2 is 2.14 bits per heavy atom. The van der Waals surface area contributed by atoms with Crippen LogP contribution in [0.15, 0.2) is 58.5 Å². The predicted molar refractivity (Wildman–Crippen MR) is 110 cm³/mol. The number of carbonyl (C=O) groups is 1. The summed E-state index contributed by atoms with van der Waals surface area (Å²) in [5, 5.41) is 12.9. The number of rotatable bonds is 4. The van der Waals surface area contributed by atoms with Gasteiger partial charge in [0.2, 0.25) is 5.56 Å². The molecule has 3 heterocycles. The number of aliphatic imine (C=N–C) groups is 1. The molecule has 2 atom stereocenters. The minimum absolute atomic E-state index is 0.137. The number of aliphatic hydroxyl groups is 1. The molecule has 0 saturated carbocycles. The van der Waals surface area contributed by atoms with Gasteiger partial charge in [-0.1, -0.05) is 30.3 Å². The number of aliphatic hydroxyl groups excluding tert-OH is 1. The fraction of sp³-hybridized carbons (Fsp3) is 0.318. The summed E-state index contributed by atoms with van der Waals surface area (Å²) >= 11 is 0. The van der Waals surface area contributed by atoms with E-state index in [0.717, 1.165) is 22.4 Å². The Balaban J connectivity index is 1.57. The average molecular weight is 393 g/mol. The molecule has 0 radical (unpaired) electrons. The average Bonchev–Trinajstić information content (AvgIpc) is 2.91. The van der Waals surface area contributed by atoms with E-state index < -0.39 is 6.10 Å². The largest absolute Gasteiger partial charge is 0.389 e. The first-order valence-electron chi connectivity index (χ1n) is 9.70. The summed E-state index contributed by atoms with van der Waals surface area (Å²) in [6.45, 7) is 0.740. The van der Waals surface area contributed by atoms with Crippen molar-refractivity contribution in [1.82, 2.24) is 10.3 Å². The molecule has 2 aliphatic rings. The molecule has 2 aromatic rings. The van der Waals surface area contributed by atoms with Gasteiger partial charge in [-0.05, 0) is 30.0 Å². The third-order valence-corrected chi connectivity index (χ3v) is 5.20. The molecule has 150 valence electrons. The number of para-hydroxylation sites is 1. The third kappa shape index (κ3) is 4.52. The molecule has 3 N–H and O–H groups in total. The Kier molecular flexibility index (Phi) is 5.69. The molecule has 7 nitrogen and oxygen atoms in total. The second kappa shape index (κ2) is 8.55. The van der Waals surface area contributed by atoms with E-state index in [9.17, 15) is 14.7 Å². The van der Waals surface area contributed by atoms with E-state index >= 15 is 0 Å². The van der Waals surface area contributed by atoms with Gasteiger partial charge in [-0.2, -0.15) is 0 Å². The molecule has 1 aromatic carbocycles. The molecular formula is C22H23N3O4. The van der Waals surface area contributed by atoms with E-state index in [2.05, 4.69) is 15.3 Å². The maximum absolute atomic E-state index is 12.8. The van der Waals surface area contributed by atoms with Gasteiger partial charge in [0.25, 0.3) is 5.91 Å². The third-order valence-electron chi connectivity index (χ3n) is 5.20. The molecule has 1 amide bonds. The summed E-state index contributed by atoms with van der Waals surface area (Å²) in [6, 6.07) is 10.7. The van der Waals surface area contributed by atoms with Crippen LogP contribution in [0.4, 0.5) is 5.69 Å². The van der Waals surface area contributed by atoms with Gasteiger partial charge in [-0.25, -0.2) is 4.99 Å². The zero-order chi connectivity index (χ0) is 20.2. The number of fused-ring (bicyclic) bond motifs is 1. The summed E-state index contributed by atoms with van der Waals surface area (Å²) in [4.78, 5) is 31.4. The van der Waals surface area contributed by atoms with E-state index in [1.165, 1.54) is 6.07 Å². The van der Waals surface area contributed by atoms with Crippen LogP contribution in [0.25, 0.3) is 5.57 Å². The van der Waals surface area contributed by atoms with Gasteiger partial charge in [0.05, 0.1) is 24.4 Å². The number of carbonyl (C=O) groups excluding carboxylic acids is 1. The van der Waals surface area contributed by atoms with E-state index in [1.54, 1.807) is 12.3 Å². The van der Waals surface area contributed by atoms with Gasteiger partial charge in [-0.3, -0.25) is 9.59 Å². The molecule has 0 spiro atoms. The second-order valence-electron chi connectivity index (χ2n) is 7.26. The molecule has 4 rings (SSSR count). The quantitative estimate of drug-likeness (QED) is 0.736. The first-order valence-corrected chi connectivity index (χ1v) is 9.70. The number of aromatic amines is 1. The Morgan fingerprint density at radius 3 is 2.93 bits per heavy atom. The van der Waals surface area contributed by atoms with E-state index in [4.69, 9.17) is 4.74 Å². The van der Waals surface area contributed by atoms with Crippen molar-refractivity contribution in [2.75, 3.05) is 13.2 Å². The van der Waals surface area contributed by atoms with Crippen LogP contribution in [0.1, 0.15) is 24.0 Å². The van der Waals surface area contributed by atoms with Crippen molar-refractivity contribution in [3.63, 3.8) is 0 Å². The van der Waals surface area contributed by atoms with Crippen molar-refractivity contribution in [1.29, 1.82) is 0 Å². The standard InChI is InChI=1S/C22H23N3O4/c26-20-13-29-10-9-18(20)25-22(28)19-7-6-15(11-14-5-8-21(27)23-12-14)16-3-1-2-4-17(16)24-19/h1-6,8,12,18,20,26H,7,9-11,13H2,(H,23,27)(H,25,28). The summed E-state index contributed by atoms with van der Waals surface area (Å²) in [6.07, 6.45) is 4.59. The van der Waals surface area contributed by atoms with Crippen LogP contribution < -0.4 is 10.9 Å². The Labute approximate surface area is 168 Å². The number of allylic oxidation sites excluding steroid dienone is 2. The molecule has 2 aliphatic heterocycles. The summed E-state index contributed by atoms with van der Waals surface area (Å²) in [5.41, 5.74) is 3.99. The van der Waals surface area contributed by atoms with Gasteiger partial charge in [-0.15, -0.1) is 0 Å². The molecule has 0 bridgehead atoms. The normalized spacial score (nSPS) is 21.4. The first kappa shape index (κ1) is 19.3. The van der Waals surface area contributed by atoms with Crippen LogP contribution in [0, 0.1) is 0 Å². The molecule has 2 unspecified atom stereocenters. The Hall–Kier alpha value is -3.03. The Morgan fingerprint density at radius 1 is 1.28 bits per heavy atom. The van der Waals surface area contributed by atoms with Crippen molar-refractivity contribution in [2.24, 2.45) is 4.99 Å². The fourth-order valence-electron chi connectivity index (χ4n) is 3.59. The summed E-state index contributed by atoms with van der Waals surface area (Å²) in [7, 11) is 0. The van der Waals surface area contributed by atoms with E-state index in [1.807, 2.05) is 30.3 Å². The summed E-state index contributed by atoms with van der Waals surface area (Å²) in [5.74, 6) is -0.271. The van der Waals surface area contributed by atoms with Crippen LogP contribution >= 0.6 is 0 Å². The molecule has 1 saturated heterocycles. The molecule has 1 fully saturated rings. The molecule has 7 heteroatoms. The number of aromatic nitrogens is 1. The number of amides is 1. The fourth-order valence-corrected chi connectivity index (χ4v) is 3.59. The van der Waals surface area contributed by atoms with Gasteiger partial charge < -0.3 is 20.1 Å². The highest BCUT2D eigenvalue weighted by atomic mass is 16.5. The second-order valence-corrected chi connectivity index (χ2v) is 7.26. The number of hydrogen-bond donors (Lipinski definition) is 3. The molecule has 0 aliphatic carbocycles.